The molecule has 9 heteroatoms. The first-order valence-corrected chi connectivity index (χ1v) is 8.26. The van der Waals surface area contributed by atoms with E-state index < -0.39 is 0 Å². The Balaban J connectivity index is 0.00000392. The summed E-state index contributed by atoms with van der Waals surface area (Å²) in [6, 6.07) is 11.1. The standard InChI is InChI=1S/C19H23FN4O3.HI/c1-21-19(22-11-13-4-9-16(26-2)10-17(13)27-3)23-12-18(25)24-15-7-5-14(20)6-8-15;/h4-10H,11-12H2,1-3H3,(H,24,25)(H2,21,22,23);1H. The van der Waals surface area contributed by atoms with Gasteiger partial charge in [0, 0.05) is 30.9 Å². The number of carbonyl (C=O) groups is 1. The van der Waals surface area contributed by atoms with E-state index in [0.717, 1.165) is 5.56 Å². The number of hydrogen-bond acceptors (Lipinski definition) is 4. The van der Waals surface area contributed by atoms with Gasteiger partial charge in [0.1, 0.15) is 17.3 Å². The zero-order chi connectivity index (χ0) is 19.6. The maximum Gasteiger partial charge on any atom is 0.243 e. The van der Waals surface area contributed by atoms with Gasteiger partial charge in [0.05, 0.1) is 20.8 Å². The van der Waals surface area contributed by atoms with Crippen molar-refractivity contribution in [1.29, 1.82) is 0 Å². The fraction of sp³-hybridized carbons (Fsp3) is 0.263. The van der Waals surface area contributed by atoms with Crippen LogP contribution in [0.1, 0.15) is 5.56 Å². The number of hydrogen-bond donors (Lipinski definition) is 3. The molecule has 0 aromatic heterocycles. The van der Waals surface area contributed by atoms with E-state index in [2.05, 4.69) is 20.9 Å². The summed E-state index contributed by atoms with van der Waals surface area (Å²) in [5.41, 5.74) is 1.44. The van der Waals surface area contributed by atoms with Crippen molar-refractivity contribution in [2.75, 3.05) is 33.1 Å². The summed E-state index contributed by atoms with van der Waals surface area (Å²) in [4.78, 5) is 16.1. The van der Waals surface area contributed by atoms with Crippen LogP contribution in [0.2, 0.25) is 0 Å². The Bertz CT molecular complexity index is 800. The third-order valence-electron chi connectivity index (χ3n) is 3.71. The van der Waals surface area contributed by atoms with Crippen LogP contribution in [0.4, 0.5) is 10.1 Å². The maximum absolute atomic E-state index is 12.9. The molecule has 0 bridgehead atoms. The number of ether oxygens (including phenoxy) is 2. The quantitative estimate of drug-likeness (QED) is 0.308. The van der Waals surface area contributed by atoms with Gasteiger partial charge in [0.25, 0.3) is 0 Å². The second-order valence-corrected chi connectivity index (χ2v) is 5.51. The van der Waals surface area contributed by atoms with Gasteiger partial charge < -0.3 is 25.4 Å². The second kappa shape index (κ2) is 12.0. The molecule has 0 aliphatic heterocycles. The lowest BCUT2D eigenvalue weighted by Gasteiger charge is -2.14. The number of carbonyl (C=O) groups excluding carboxylic acids is 1. The first-order valence-electron chi connectivity index (χ1n) is 8.26. The zero-order valence-corrected chi connectivity index (χ0v) is 18.2. The Hall–Kier alpha value is -2.56. The molecule has 2 aromatic rings. The average Bonchev–Trinajstić information content (AvgIpc) is 2.69. The van der Waals surface area contributed by atoms with E-state index in [4.69, 9.17) is 9.47 Å². The number of amides is 1. The van der Waals surface area contributed by atoms with Gasteiger partial charge >= 0.3 is 0 Å². The van der Waals surface area contributed by atoms with Crippen molar-refractivity contribution in [1.82, 2.24) is 10.6 Å². The lowest BCUT2D eigenvalue weighted by Crippen LogP contribution is -2.41. The predicted octanol–water partition coefficient (Wildman–Crippen LogP) is 2.76. The molecule has 0 unspecified atom stereocenters. The van der Waals surface area contributed by atoms with Crippen molar-refractivity contribution >= 4 is 41.5 Å². The van der Waals surface area contributed by atoms with Crippen molar-refractivity contribution < 1.29 is 18.7 Å². The molecule has 152 valence electrons. The van der Waals surface area contributed by atoms with E-state index in [1.807, 2.05) is 12.1 Å². The van der Waals surface area contributed by atoms with Crippen molar-refractivity contribution in [2.24, 2.45) is 4.99 Å². The number of guanidine groups is 1. The van der Waals surface area contributed by atoms with Crippen LogP contribution in [0, 0.1) is 5.82 Å². The molecule has 0 aliphatic rings. The van der Waals surface area contributed by atoms with Gasteiger partial charge in [-0.25, -0.2) is 4.39 Å². The average molecular weight is 502 g/mol. The van der Waals surface area contributed by atoms with E-state index in [-0.39, 0.29) is 42.2 Å². The molecule has 0 saturated carbocycles. The van der Waals surface area contributed by atoms with Gasteiger partial charge in [-0.2, -0.15) is 0 Å². The summed E-state index contributed by atoms with van der Waals surface area (Å²) in [6.45, 7) is 0.462. The molecule has 0 radical (unpaired) electrons. The van der Waals surface area contributed by atoms with Crippen LogP contribution >= 0.6 is 24.0 Å². The lowest BCUT2D eigenvalue weighted by atomic mass is 10.2. The van der Waals surface area contributed by atoms with Gasteiger partial charge in [-0.1, -0.05) is 0 Å². The normalized spacial score (nSPS) is 10.5. The summed E-state index contributed by atoms with van der Waals surface area (Å²) < 4.78 is 23.4. The van der Waals surface area contributed by atoms with Crippen LogP contribution in [0.5, 0.6) is 11.5 Å². The molecule has 0 spiro atoms. The monoisotopic (exact) mass is 502 g/mol. The minimum absolute atomic E-state index is 0. The Morgan fingerprint density at radius 1 is 1.07 bits per heavy atom. The number of halogens is 2. The highest BCUT2D eigenvalue weighted by Crippen LogP contribution is 2.24. The summed E-state index contributed by atoms with van der Waals surface area (Å²) in [5, 5.41) is 8.70. The number of methoxy groups -OCH3 is 2. The molecule has 0 aliphatic carbocycles. The third kappa shape index (κ3) is 7.22. The van der Waals surface area contributed by atoms with Crippen LogP contribution in [-0.2, 0) is 11.3 Å². The molecular formula is C19H24FIN4O3. The number of benzene rings is 2. The van der Waals surface area contributed by atoms with Crippen LogP contribution in [0.25, 0.3) is 0 Å². The van der Waals surface area contributed by atoms with Gasteiger partial charge in [-0.3, -0.25) is 9.79 Å². The van der Waals surface area contributed by atoms with E-state index in [9.17, 15) is 9.18 Å². The molecule has 0 saturated heterocycles. The molecule has 28 heavy (non-hydrogen) atoms. The summed E-state index contributed by atoms with van der Waals surface area (Å²) in [7, 11) is 4.79. The van der Waals surface area contributed by atoms with Crippen molar-refractivity contribution in [3.63, 3.8) is 0 Å². The summed E-state index contributed by atoms with van der Waals surface area (Å²) >= 11 is 0. The van der Waals surface area contributed by atoms with Gasteiger partial charge in [-0.15, -0.1) is 24.0 Å². The van der Waals surface area contributed by atoms with Gasteiger partial charge in [0.15, 0.2) is 5.96 Å². The molecule has 7 nitrogen and oxygen atoms in total. The van der Waals surface area contributed by atoms with Crippen LogP contribution in [0.15, 0.2) is 47.5 Å². The fourth-order valence-corrected chi connectivity index (χ4v) is 2.30. The molecule has 0 atom stereocenters. The minimum atomic E-state index is -0.357. The van der Waals surface area contributed by atoms with E-state index in [0.29, 0.717) is 29.7 Å². The molecule has 0 heterocycles. The largest absolute Gasteiger partial charge is 0.497 e. The van der Waals surface area contributed by atoms with Crippen LogP contribution < -0.4 is 25.4 Å². The summed E-state index contributed by atoms with van der Waals surface area (Å²) in [5.74, 6) is 1.22. The molecule has 3 N–H and O–H groups in total. The first-order chi connectivity index (χ1) is 13.0. The molecule has 2 rings (SSSR count). The van der Waals surface area contributed by atoms with Gasteiger partial charge in [0.2, 0.25) is 5.91 Å². The third-order valence-corrected chi connectivity index (χ3v) is 3.71. The predicted molar refractivity (Wildman–Crippen MR) is 118 cm³/mol. The Morgan fingerprint density at radius 2 is 1.79 bits per heavy atom. The molecule has 0 fully saturated rings. The molecule has 2 aromatic carbocycles. The van der Waals surface area contributed by atoms with E-state index >= 15 is 0 Å². The number of anilines is 1. The van der Waals surface area contributed by atoms with Crippen molar-refractivity contribution in [2.45, 2.75) is 6.54 Å². The minimum Gasteiger partial charge on any atom is -0.497 e. The lowest BCUT2D eigenvalue weighted by molar-refractivity contribution is -0.115. The summed E-state index contributed by atoms with van der Waals surface area (Å²) in [6.07, 6.45) is 0. The zero-order valence-electron chi connectivity index (χ0n) is 15.9. The van der Waals surface area contributed by atoms with Crippen molar-refractivity contribution in [3.8, 4) is 11.5 Å². The second-order valence-electron chi connectivity index (χ2n) is 5.51. The van der Waals surface area contributed by atoms with Crippen LogP contribution in [-0.4, -0.2) is 39.7 Å². The SMILES string of the molecule is CN=C(NCC(=O)Nc1ccc(F)cc1)NCc1ccc(OC)cc1OC.I. The highest BCUT2D eigenvalue weighted by Gasteiger charge is 2.08. The Kier molecular flexibility index (Phi) is 10.1. The highest BCUT2D eigenvalue weighted by molar-refractivity contribution is 14.0. The van der Waals surface area contributed by atoms with Crippen LogP contribution in [0.3, 0.4) is 0 Å². The number of rotatable bonds is 7. The number of aliphatic imine (C=N–C) groups is 1. The Morgan fingerprint density at radius 3 is 2.39 bits per heavy atom. The van der Waals surface area contributed by atoms with E-state index in [1.165, 1.54) is 24.3 Å². The smallest absolute Gasteiger partial charge is 0.243 e. The fourth-order valence-electron chi connectivity index (χ4n) is 2.30. The number of nitrogens with zero attached hydrogens (tertiary/aromatic N) is 1. The highest BCUT2D eigenvalue weighted by atomic mass is 127. The molecular weight excluding hydrogens is 478 g/mol. The first kappa shape index (κ1) is 23.5. The van der Waals surface area contributed by atoms with E-state index in [1.54, 1.807) is 27.3 Å². The van der Waals surface area contributed by atoms with Crippen molar-refractivity contribution in [3.05, 3.63) is 53.8 Å². The molecule has 1 amide bonds. The van der Waals surface area contributed by atoms with Gasteiger partial charge in [-0.05, 0) is 36.4 Å². The Labute approximate surface area is 180 Å². The maximum atomic E-state index is 12.9. The topological polar surface area (TPSA) is 84.0 Å². The number of nitrogens with one attached hydrogen (secondary N) is 3.